The van der Waals surface area contributed by atoms with Gasteiger partial charge in [-0.2, -0.15) is 4.57 Å². The standard InChI is InChI=1S/C11H14ClN2O7P/c12-8-9(15)7(5-20-22(17,18)19)21-11(8)14-3-1-2-6(4-14)10(13)16/h1-4,7-9,11,15H,5H2,(H3-,13,16,17,18,19)/t7?,8-,9+,11?/m0/s1. The molecule has 2 rings (SSSR count). The molecule has 9 nitrogen and oxygen atoms in total. The number of carbonyl (C=O) groups excluding carboxylic acids is 1. The van der Waals surface area contributed by atoms with E-state index in [0.29, 0.717) is 0 Å². The smallest absolute Gasteiger partial charge is 0.282 e. The van der Waals surface area contributed by atoms with Crippen LogP contribution in [-0.2, 0) is 13.8 Å². The molecule has 0 radical (unpaired) electrons. The lowest BCUT2D eigenvalue weighted by Gasteiger charge is -2.19. The van der Waals surface area contributed by atoms with E-state index in [9.17, 15) is 19.4 Å². The van der Waals surface area contributed by atoms with Crippen LogP contribution in [0.3, 0.4) is 0 Å². The van der Waals surface area contributed by atoms with Gasteiger partial charge in [0.2, 0.25) is 0 Å². The summed E-state index contributed by atoms with van der Waals surface area (Å²) in [6, 6.07) is 3.04. The Kier molecular flexibility index (Phi) is 5.18. The van der Waals surface area contributed by atoms with E-state index in [4.69, 9.17) is 27.0 Å². The molecule has 1 aromatic rings. The van der Waals surface area contributed by atoms with Crippen LogP contribution < -0.4 is 15.2 Å². The minimum atomic E-state index is -4.93. The zero-order valence-corrected chi connectivity index (χ0v) is 12.8. The van der Waals surface area contributed by atoms with Gasteiger partial charge in [-0.1, -0.05) is 0 Å². The molecule has 22 heavy (non-hydrogen) atoms. The summed E-state index contributed by atoms with van der Waals surface area (Å²) in [5, 5.41) is 9.02. The molecule has 1 saturated heterocycles. The molecular formula is C11H14ClN2O7P. The van der Waals surface area contributed by atoms with Crippen LogP contribution in [0.5, 0.6) is 0 Å². The predicted octanol–water partition coefficient (Wildman–Crippen LogP) is -1.58. The Hall–Kier alpha value is -1.06. The number of nitrogens with two attached hydrogens (primary N) is 1. The highest BCUT2D eigenvalue weighted by atomic mass is 35.5. The number of primary amides is 1. The first kappa shape index (κ1) is 17.3. The van der Waals surface area contributed by atoms with Crippen molar-refractivity contribution in [3.8, 4) is 0 Å². The molecule has 1 amide bonds. The molecule has 1 aliphatic heterocycles. The third kappa shape index (κ3) is 4.02. The Morgan fingerprint density at radius 2 is 2.32 bits per heavy atom. The second-order valence-corrected chi connectivity index (χ2v) is 6.37. The lowest BCUT2D eigenvalue weighted by Crippen LogP contribution is -2.44. The number of carbonyl (C=O) groups is 1. The van der Waals surface area contributed by atoms with Gasteiger partial charge in [0.1, 0.15) is 17.8 Å². The Balaban J connectivity index is 2.14. The molecule has 122 valence electrons. The molecule has 1 aromatic heterocycles. The van der Waals surface area contributed by atoms with Crippen molar-refractivity contribution in [2.45, 2.75) is 23.8 Å². The lowest BCUT2D eigenvalue weighted by molar-refractivity contribution is -0.758. The molecule has 11 heteroatoms. The molecule has 2 heterocycles. The number of phosphoric acid groups is 1. The molecule has 1 fully saturated rings. The number of rotatable bonds is 5. The number of ether oxygens (including phenoxy) is 1. The van der Waals surface area contributed by atoms with Gasteiger partial charge in [-0.15, -0.1) is 11.6 Å². The third-order valence-corrected chi connectivity index (χ3v) is 4.05. The molecular weight excluding hydrogens is 339 g/mol. The number of amides is 1. The van der Waals surface area contributed by atoms with E-state index < -0.39 is 44.1 Å². The van der Waals surface area contributed by atoms with Gasteiger partial charge in [0.25, 0.3) is 20.0 Å². The van der Waals surface area contributed by atoms with Gasteiger partial charge in [0, 0.05) is 6.07 Å². The fraction of sp³-hybridized carbons (Fsp3) is 0.455. The average molecular weight is 353 g/mol. The highest BCUT2D eigenvalue weighted by Gasteiger charge is 2.48. The maximum absolute atomic E-state index is 11.2. The summed E-state index contributed by atoms with van der Waals surface area (Å²) in [7, 11) is -4.93. The monoisotopic (exact) mass is 352 g/mol. The van der Waals surface area contributed by atoms with Crippen molar-refractivity contribution in [2.24, 2.45) is 5.73 Å². The van der Waals surface area contributed by atoms with Crippen LogP contribution in [0, 0.1) is 0 Å². The van der Waals surface area contributed by atoms with Gasteiger partial charge in [-0.25, -0.2) is 0 Å². The number of alkyl halides is 1. The van der Waals surface area contributed by atoms with E-state index >= 15 is 0 Å². The number of halogens is 1. The summed E-state index contributed by atoms with van der Waals surface area (Å²) >= 11 is 6.06. The molecule has 0 aliphatic carbocycles. The van der Waals surface area contributed by atoms with Crippen LogP contribution in [0.1, 0.15) is 16.6 Å². The maximum atomic E-state index is 11.2. The summed E-state index contributed by atoms with van der Waals surface area (Å²) in [5.74, 6) is -0.647. The molecule has 4 N–H and O–H groups in total. The van der Waals surface area contributed by atoms with Crippen molar-refractivity contribution in [1.82, 2.24) is 0 Å². The molecule has 3 unspecified atom stereocenters. The van der Waals surface area contributed by atoms with E-state index in [0.717, 1.165) is 0 Å². The summed E-state index contributed by atoms with van der Waals surface area (Å²) in [6.07, 6.45) is -0.223. The van der Waals surface area contributed by atoms with Crippen LogP contribution in [0.2, 0.25) is 0 Å². The number of aliphatic hydroxyl groups excluding tert-OH is 1. The Morgan fingerprint density at radius 1 is 1.64 bits per heavy atom. The molecule has 5 atom stereocenters. The van der Waals surface area contributed by atoms with Crippen molar-refractivity contribution in [3.05, 3.63) is 30.1 Å². The number of phosphoric ester groups is 1. The zero-order valence-electron chi connectivity index (χ0n) is 11.1. The SMILES string of the molecule is NC(=O)c1ccc[n+](C2OC(COP(=O)([O-])O)[C@@H](O)[C@@H]2Cl)c1. The van der Waals surface area contributed by atoms with E-state index in [1.165, 1.54) is 16.8 Å². The second-order valence-electron chi connectivity index (χ2n) is 4.67. The van der Waals surface area contributed by atoms with E-state index in [1.807, 2.05) is 0 Å². The second kappa shape index (κ2) is 6.59. The molecule has 0 bridgehead atoms. The first-order chi connectivity index (χ1) is 10.2. The number of aliphatic hydroxyl groups is 1. The van der Waals surface area contributed by atoms with Crippen LogP contribution in [0.4, 0.5) is 0 Å². The summed E-state index contributed by atoms with van der Waals surface area (Å²) in [6.45, 7) is -0.589. The fourth-order valence-corrected chi connectivity index (χ4v) is 2.73. The van der Waals surface area contributed by atoms with Crippen molar-refractivity contribution < 1.29 is 38.1 Å². The van der Waals surface area contributed by atoms with Crippen molar-refractivity contribution in [1.29, 1.82) is 0 Å². The van der Waals surface area contributed by atoms with E-state index in [-0.39, 0.29) is 5.56 Å². The average Bonchev–Trinajstić information content (AvgIpc) is 2.72. The van der Waals surface area contributed by atoms with Crippen LogP contribution in [0.15, 0.2) is 24.5 Å². The number of hydrogen-bond acceptors (Lipinski definition) is 6. The quantitative estimate of drug-likeness (QED) is 0.329. The number of hydrogen-bond donors (Lipinski definition) is 3. The predicted molar refractivity (Wildman–Crippen MR) is 70.5 cm³/mol. The fourth-order valence-electron chi connectivity index (χ4n) is 2.05. The van der Waals surface area contributed by atoms with E-state index in [2.05, 4.69) is 4.52 Å². The van der Waals surface area contributed by atoms with Crippen LogP contribution in [-0.4, -0.2) is 40.1 Å². The number of aromatic nitrogens is 1. The van der Waals surface area contributed by atoms with Gasteiger partial charge in [-0.05, 0) is 6.07 Å². The lowest BCUT2D eigenvalue weighted by atomic mass is 10.2. The Bertz CT molecular complexity index is 610. The Labute approximate surface area is 130 Å². The molecule has 0 aromatic carbocycles. The van der Waals surface area contributed by atoms with Gasteiger partial charge in [0.15, 0.2) is 17.8 Å². The normalized spacial score (nSPS) is 30.9. The van der Waals surface area contributed by atoms with Crippen molar-refractivity contribution >= 4 is 25.3 Å². The molecule has 1 aliphatic rings. The molecule has 0 spiro atoms. The van der Waals surface area contributed by atoms with Gasteiger partial charge < -0.3 is 29.9 Å². The summed E-state index contributed by atoms with van der Waals surface area (Å²) < 4.78 is 21.7. The van der Waals surface area contributed by atoms with Crippen LogP contribution in [0.25, 0.3) is 0 Å². The Morgan fingerprint density at radius 3 is 2.91 bits per heavy atom. The summed E-state index contributed by atoms with van der Waals surface area (Å²) in [4.78, 5) is 30.3. The number of nitrogens with zero attached hydrogens (tertiary/aromatic N) is 1. The first-order valence-electron chi connectivity index (χ1n) is 6.15. The topological polar surface area (TPSA) is 146 Å². The van der Waals surface area contributed by atoms with Crippen molar-refractivity contribution in [3.63, 3.8) is 0 Å². The van der Waals surface area contributed by atoms with Gasteiger partial charge in [0.05, 0.1) is 6.61 Å². The molecule has 0 saturated carbocycles. The number of pyridine rings is 1. The first-order valence-corrected chi connectivity index (χ1v) is 8.09. The summed E-state index contributed by atoms with van der Waals surface area (Å²) in [5.41, 5.74) is 5.39. The van der Waals surface area contributed by atoms with Crippen LogP contribution >= 0.6 is 19.4 Å². The zero-order chi connectivity index (χ0) is 16.5. The minimum absolute atomic E-state index is 0.212. The van der Waals surface area contributed by atoms with Gasteiger partial charge in [-0.3, -0.25) is 9.36 Å². The maximum Gasteiger partial charge on any atom is 0.282 e. The highest BCUT2D eigenvalue weighted by Crippen LogP contribution is 2.35. The largest absolute Gasteiger partial charge is 0.756 e. The van der Waals surface area contributed by atoms with E-state index in [1.54, 1.807) is 12.3 Å². The van der Waals surface area contributed by atoms with Gasteiger partial charge >= 0.3 is 0 Å². The third-order valence-electron chi connectivity index (χ3n) is 3.10. The minimum Gasteiger partial charge on any atom is -0.756 e. The van der Waals surface area contributed by atoms with Crippen molar-refractivity contribution in [2.75, 3.05) is 6.61 Å². The highest BCUT2D eigenvalue weighted by molar-refractivity contribution is 7.44.